The van der Waals surface area contributed by atoms with Crippen molar-refractivity contribution in [3.63, 3.8) is 0 Å². The number of carbonyl (C=O) groups is 1. The van der Waals surface area contributed by atoms with Crippen LogP contribution in [0.5, 0.6) is 0 Å². The Balaban J connectivity index is 3.03. The minimum atomic E-state index is -0.245. The molecule has 0 aromatic carbocycles. The normalized spacial score (nSPS) is 9.83. The molecule has 0 aromatic rings. The molecule has 0 aliphatic rings. The van der Waals surface area contributed by atoms with Gasteiger partial charge >= 0.3 is 5.97 Å². The van der Waals surface area contributed by atoms with E-state index in [1.807, 2.05) is 0 Å². The molecule has 71 valence electrons. The van der Waals surface area contributed by atoms with Crippen molar-refractivity contribution in [2.75, 3.05) is 26.4 Å². The van der Waals surface area contributed by atoms with Crippen molar-refractivity contribution in [2.45, 2.75) is 13.3 Å². The molecule has 0 fully saturated rings. The number of hydrogen-bond acceptors (Lipinski definition) is 4. The SMILES string of the molecule is CCOC(=O)C[CH]COCCO. The molecule has 1 radical (unpaired) electrons. The minimum absolute atomic E-state index is 0.00719. The fourth-order valence-electron chi connectivity index (χ4n) is 0.628. The summed E-state index contributed by atoms with van der Waals surface area (Å²) < 4.78 is 9.57. The van der Waals surface area contributed by atoms with Crippen molar-refractivity contribution in [1.82, 2.24) is 0 Å². The highest BCUT2D eigenvalue weighted by atomic mass is 16.5. The molecule has 12 heavy (non-hydrogen) atoms. The van der Waals surface area contributed by atoms with E-state index >= 15 is 0 Å². The van der Waals surface area contributed by atoms with Crippen molar-refractivity contribution in [1.29, 1.82) is 0 Å². The maximum Gasteiger partial charge on any atom is 0.306 e. The molecule has 0 atom stereocenters. The van der Waals surface area contributed by atoms with Crippen molar-refractivity contribution >= 4 is 5.97 Å². The Hall–Kier alpha value is -0.610. The molecule has 0 aliphatic heterocycles. The van der Waals surface area contributed by atoms with Crippen LogP contribution in [0.3, 0.4) is 0 Å². The van der Waals surface area contributed by atoms with Crippen LogP contribution in [0.1, 0.15) is 13.3 Å². The first kappa shape index (κ1) is 11.4. The largest absolute Gasteiger partial charge is 0.466 e. The highest BCUT2D eigenvalue weighted by Gasteiger charge is 2.00. The number of aliphatic hydroxyl groups is 1. The molecule has 0 amide bonds. The van der Waals surface area contributed by atoms with E-state index in [4.69, 9.17) is 9.84 Å². The van der Waals surface area contributed by atoms with Crippen LogP contribution in [0.15, 0.2) is 0 Å². The maximum absolute atomic E-state index is 10.7. The van der Waals surface area contributed by atoms with Crippen LogP contribution < -0.4 is 0 Å². The highest BCUT2D eigenvalue weighted by molar-refractivity contribution is 5.70. The molecule has 1 N–H and O–H groups in total. The number of ether oxygens (including phenoxy) is 2. The summed E-state index contributed by atoms with van der Waals surface area (Å²) in [5, 5.41) is 8.33. The zero-order valence-corrected chi connectivity index (χ0v) is 7.28. The summed E-state index contributed by atoms with van der Waals surface area (Å²) in [7, 11) is 0. The zero-order chi connectivity index (χ0) is 9.23. The quantitative estimate of drug-likeness (QED) is 0.442. The standard InChI is InChI=1S/C8H15O4/c1-2-12-8(10)4-3-6-11-7-5-9/h3,9H,2,4-7H2,1H3. The lowest BCUT2D eigenvalue weighted by molar-refractivity contribution is -0.142. The van der Waals surface area contributed by atoms with E-state index < -0.39 is 0 Å². The fraction of sp³-hybridized carbons (Fsp3) is 0.750. The molecule has 0 rings (SSSR count). The van der Waals surface area contributed by atoms with E-state index in [1.54, 1.807) is 13.3 Å². The lowest BCUT2D eigenvalue weighted by Crippen LogP contribution is -2.07. The van der Waals surface area contributed by atoms with Gasteiger partial charge < -0.3 is 14.6 Å². The maximum atomic E-state index is 10.7. The number of hydrogen-bond donors (Lipinski definition) is 1. The van der Waals surface area contributed by atoms with E-state index in [-0.39, 0.29) is 19.0 Å². The molecular weight excluding hydrogens is 160 g/mol. The number of esters is 1. The predicted octanol–water partition coefficient (Wildman–Crippen LogP) is 0.153. The summed E-state index contributed by atoms with van der Waals surface area (Å²) in [4.78, 5) is 10.7. The van der Waals surface area contributed by atoms with Crippen molar-refractivity contribution < 1.29 is 19.4 Å². The summed E-state index contributed by atoms with van der Waals surface area (Å²) >= 11 is 0. The molecule has 0 unspecified atom stereocenters. The van der Waals surface area contributed by atoms with Crippen LogP contribution in [0, 0.1) is 6.42 Å². The van der Waals surface area contributed by atoms with E-state index in [9.17, 15) is 4.79 Å². The number of rotatable bonds is 7. The highest BCUT2D eigenvalue weighted by Crippen LogP contribution is 1.91. The monoisotopic (exact) mass is 175 g/mol. The van der Waals surface area contributed by atoms with Crippen LogP contribution >= 0.6 is 0 Å². The summed E-state index contributed by atoms with van der Waals surface area (Å²) in [6.45, 7) is 2.86. The Morgan fingerprint density at radius 2 is 2.33 bits per heavy atom. The van der Waals surface area contributed by atoms with Crippen molar-refractivity contribution in [3.05, 3.63) is 6.42 Å². The van der Waals surface area contributed by atoms with Crippen LogP contribution in [0.2, 0.25) is 0 Å². The third-order valence-electron chi connectivity index (χ3n) is 1.09. The molecule has 0 heterocycles. The van der Waals surface area contributed by atoms with Gasteiger partial charge in [0.1, 0.15) is 0 Å². The van der Waals surface area contributed by atoms with E-state index in [0.29, 0.717) is 19.8 Å². The Morgan fingerprint density at radius 3 is 2.92 bits per heavy atom. The summed E-state index contributed by atoms with van der Waals surface area (Å²) in [6.07, 6.45) is 1.94. The Morgan fingerprint density at radius 1 is 1.58 bits per heavy atom. The van der Waals surface area contributed by atoms with Crippen LogP contribution in [-0.2, 0) is 14.3 Å². The van der Waals surface area contributed by atoms with E-state index in [0.717, 1.165) is 0 Å². The number of carbonyl (C=O) groups excluding carboxylic acids is 1. The van der Waals surface area contributed by atoms with Crippen LogP contribution in [0.25, 0.3) is 0 Å². The average molecular weight is 175 g/mol. The van der Waals surface area contributed by atoms with E-state index in [2.05, 4.69) is 4.74 Å². The Bertz CT molecular complexity index is 114. The van der Waals surface area contributed by atoms with Gasteiger partial charge in [-0.3, -0.25) is 4.79 Å². The molecule has 0 spiro atoms. The van der Waals surface area contributed by atoms with E-state index in [1.165, 1.54) is 0 Å². The van der Waals surface area contributed by atoms with Crippen molar-refractivity contribution in [3.8, 4) is 0 Å². The molecule has 0 aromatic heterocycles. The Kier molecular flexibility index (Phi) is 8.05. The molecule has 0 saturated carbocycles. The molecule has 0 aliphatic carbocycles. The zero-order valence-electron chi connectivity index (χ0n) is 7.28. The molecular formula is C8H15O4. The topological polar surface area (TPSA) is 55.8 Å². The molecule has 0 bridgehead atoms. The van der Waals surface area contributed by atoms with Crippen molar-refractivity contribution in [2.24, 2.45) is 0 Å². The predicted molar refractivity (Wildman–Crippen MR) is 43.5 cm³/mol. The molecule has 0 saturated heterocycles. The first-order chi connectivity index (χ1) is 5.81. The summed E-state index contributed by atoms with van der Waals surface area (Å²) in [6, 6.07) is 0. The molecule has 4 heteroatoms. The Labute approximate surface area is 72.5 Å². The second-order valence-corrected chi connectivity index (χ2v) is 2.10. The second-order valence-electron chi connectivity index (χ2n) is 2.10. The van der Waals surface area contributed by atoms with Gasteiger partial charge in [0.15, 0.2) is 0 Å². The van der Waals surface area contributed by atoms with Gasteiger partial charge in [-0.2, -0.15) is 0 Å². The van der Waals surface area contributed by atoms with Gasteiger partial charge in [0.25, 0.3) is 0 Å². The molecule has 4 nitrogen and oxygen atoms in total. The van der Waals surface area contributed by atoms with Gasteiger partial charge in [-0.05, 0) is 13.3 Å². The van der Waals surface area contributed by atoms with Gasteiger partial charge in [0.2, 0.25) is 0 Å². The summed E-state index contributed by atoms with van der Waals surface area (Å²) in [5.74, 6) is -0.245. The number of aliphatic hydroxyl groups excluding tert-OH is 1. The lowest BCUT2D eigenvalue weighted by Gasteiger charge is -2.01. The smallest absolute Gasteiger partial charge is 0.306 e. The van der Waals surface area contributed by atoms with Crippen LogP contribution in [0.4, 0.5) is 0 Å². The van der Waals surface area contributed by atoms with Gasteiger partial charge in [-0.1, -0.05) is 0 Å². The first-order valence-electron chi connectivity index (χ1n) is 3.97. The van der Waals surface area contributed by atoms with Crippen LogP contribution in [-0.4, -0.2) is 37.5 Å². The van der Waals surface area contributed by atoms with Gasteiger partial charge in [0.05, 0.1) is 32.8 Å². The summed E-state index contributed by atoms with van der Waals surface area (Å²) in [5.41, 5.74) is 0. The lowest BCUT2D eigenvalue weighted by atomic mass is 10.3. The minimum Gasteiger partial charge on any atom is -0.466 e. The second kappa shape index (κ2) is 8.49. The third-order valence-corrected chi connectivity index (χ3v) is 1.09. The average Bonchev–Trinajstić information content (AvgIpc) is 2.05. The first-order valence-corrected chi connectivity index (χ1v) is 3.97. The van der Waals surface area contributed by atoms with Gasteiger partial charge in [0, 0.05) is 0 Å². The van der Waals surface area contributed by atoms with Gasteiger partial charge in [-0.15, -0.1) is 0 Å². The third kappa shape index (κ3) is 7.50. The van der Waals surface area contributed by atoms with Gasteiger partial charge in [-0.25, -0.2) is 0 Å². The fourth-order valence-corrected chi connectivity index (χ4v) is 0.628.